The molecule has 2 heterocycles. The topological polar surface area (TPSA) is 89.9 Å². The number of hydrogen-bond acceptors (Lipinski definition) is 4. The predicted octanol–water partition coefficient (Wildman–Crippen LogP) is 2.98. The maximum absolute atomic E-state index is 9.55. The average molecular weight is 439 g/mol. The molecule has 2 fully saturated rings. The van der Waals surface area contributed by atoms with Crippen LogP contribution in [0, 0.1) is 10.8 Å². The number of halogens is 1. The minimum Gasteiger partial charge on any atom is -0.478 e. The van der Waals surface area contributed by atoms with Crippen LogP contribution < -0.4 is 5.32 Å². The minimum absolute atomic E-state index is 0.437. The summed E-state index contributed by atoms with van der Waals surface area (Å²) in [4.78, 5) is 21.8. The molecule has 2 aliphatic rings. The van der Waals surface area contributed by atoms with Crippen molar-refractivity contribution >= 4 is 27.9 Å². The van der Waals surface area contributed by atoms with Gasteiger partial charge in [0.15, 0.2) is 0 Å². The van der Waals surface area contributed by atoms with Crippen LogP contribution in [0.4, 0.5) is 0 Å². The normalized spacial score (nSPS) is 27.7. The van der Waals surface area contributed by atoms with Crippen molar-refractivity contribution in [2.75, 3.05) is 26.2 Å². The zero-order valence-electron chi connectivity index (χ0n) is 15.7. The third-order valence-electron chi connectivity index (χ3n) is 4.89. The van der Waals surface area contributed by atoms with E-state index in [0.717, 1.165) is 19.6 Å². The van der Waals surface area contributed by atoms with Crippen LogP contribution in [-0.2, 0) is 16.1 Å². The standard InChI is InChI=1S/C16H23BrN2.C4H4O4/c1-15-8-16(2,10-18-9-15)12-19(11-15)7-13-5-3-4-6-14(13)17;5-3(6)1-2-4(7)8/h3-6,18H,7-12H2,1-2H3;1-2H,(H,5,6)(H,7,8)/b;2-1+/t15-,16+;. The molecule has 0 saturated carbocycles. The smallest absolute Gasteiger partial charge is 0.328 e. The molecule has 2 atom stereocenters. The highest BCUT2D eigenvalue weighted by Crippen LogP contribution is 2.43. The molecular formula is C20H27BrN2O4. The molecule has 1 aromatic carbocycles. The SMILES string of the molecule is C[C@]12CNC[C@](C)(CN(Cc3ccccc3Br)C1)C2.O=C(O)/C=C/C(=O)O. The van der Waals surface area contributed by atoms with Gasteiger partial charge in [0.25, 0.3) is 0 Å². The van der Waals surface area contributed by atoms with Crippen LogP contribution in [0.3, 0.4) is 0 Å². The van der Waals surface area contributed by atoms with E-state index in [2.05, 4.69) is 64.3 Å². The van der Waals surface area contributed by atoms with Crippen LogP contribution >= 0.6 is 15.9 Å². The molecule has 0 spiro atoms. The highest BCUT2D eigenvalue weighted by atomic mass is 79.9. The van der Waals surface area contributed by atoms with E-state index >= 15 is 0 Å². The van der Waals surface area contributed by atoms with Gasteiger partial charge >= 0.3 is 11.9 Å². The molecule has 0 radical (unpaired) electrons. The van der Waals surface area contributed by atoms with Crippen molar-refractivity contribution in [1.82, 2.24) is 10.2 Å². The van der Waals surface area contributed by atoms with E-state index in [0.29, 0.717) is 23.0 Å². The van der Waals surface area contributed by atoms with E-state index < -0.39 is 11.9 Å². The summed E-state index contributed by atoms with van der Waals surface area (Å²) in [6, 6.07) is 8.60. The number of benzene rings is 1. The predicted molar refractivity (Wildman–Crippen MR) is 108 cm³/mol. The number of carbonyl (C=O) groups is 2. The van der Waals surface area contributed by atoms with Gasteiger partial charge in [-0.2, -0.15) is 0 Å². The zero-order chi connectivity index (χ0) is 20.1. The molecule has 0 amide bonds. The molecule has 2 saturated heterocycles. The number of nitrogens with one attached hydrogen (secondary N) is 1. The summed E-state index contributed by atoms with van der Waals surface area (Å²) >= 11 is 3.67. The van der Waals surface area contributed by atoms with E-state index in [-0.39, 0.29) is 0 Å². The molecular weight excluding hydrogens is 412 g/mol. The largest absolute Gasteiger partial charge is 0.478 e. The Morgan fingerprint density at radius 2 is 1.63 bits per heavy atom. The van der Waals surface area contributed by atoms with Gasteiger partial charge in [-0.15, -0.1) is 0 Å². The van der Waals surface area contributed by atoms with Crippen LogP contribution in [0.1, 0.15) is 25.8 Å². The molecule has 3 rings (SSSR count). The number of carboxylic acid groups (broad SMARTS) is 2. The summed E-state index contributed by atoms with van der Waals surface area (Å²) < 4.78 is 1.24. The van der Waals surface area contributed by atoms with Gasteiger partial charge in [0, 0.05) is 49.3 Å². The lowest BCUT2D eigenvalue weighted by Gasteiger charge is -2.54. The lowest BCUT2D eigenvalue weighted by atomic mass is 9.66. The minimum atomic E-state index is -1.26. The molecule has 27 heavy (non-hydrogen) atoms. The maximum atomic E-state index is 9.55. The monoisotopic (exact) mass is 438 g/mol. The number of carboxylic acids is 2. The van der Waals surface area contributed by atoms with E-state index in [1.807, 2.05) is 0 Å². The second-order valence-corrected chi connectivity index (χ2v) is 9.00. The van der Waals surface area contributed by atoms with Gasteiger partial charge in [-0.25, -0.2) is 9.59 Å². The molecule has 0 aromatic heterocycles. The molecule has 7 heteroatoms. The molecule has 3 N–H and O–H groups in total. The third-order valence-corrected chi connectivity index (χ3v) is 5.66. The van der Waals surface area contributed by atoms with Crippen LogP contribution in [0.25, 0.3) is 0 Å². The first-order chi connectivity index (χ1) is 12.6. The highest BCUT2D eigenvalue weighted by Gasteiger charge is 2.45. The van der Waals surface area contributed by atoms with E-state index in [1.54, 1.807) is 0 Å². The summed E-state index contributed by atoms with van der Waals surface area (Å²) in [6.45, 7) is 10.7. The third kappa shape index (κ3) is 6.75. The Hall–Kier alpha value is -1.70. The fraction of sp³-hybridized carbons (Fsp3) is 0.500. The van der Waals surface area contributed by atoms with Gasteiger partial charge in [-0.3, -0.25) is 4.90 Å². The van der Waals surface area contributed by atoms with Crippen molar-refractivity contribution < 1.29 is 19.8 Å². The van der Waals surface area contributed by atoms with Gasteiger partial charge in [-0.1, -0.05) is 48.0 Å². The summed E-state index contributed by atoms with van der Waals surface area (Å²) in [7, 11) is 0. The quantitative estimate of drug-likeness (QED) is 0.626. The summed E-state index contributed by atoms with van der Waals surface area (Å²) in [5, 5.41) is 19.3. The Bertz CT molecular complexity index is 690. The number of hydrogen-bond donors (Lipinski definition) is 3. The van der Waals surface area contributed by atoms with Gasteiger partial charge < -0.3 is 15.5 Å². The van der Waals surface area contributed by atoms with Crippen molar-refractivity contribution in [2.45, 2.75) is 26.8 Å². The van der Waals surface area contributed by atoms with Crippen molar-refractivity contribution in [3.05, 3.63) is 46.5 Å². The van der Waals surface area contributed by atoms with Gasteiger partial charge in [0.05, 0.1) is 0 Å². The first-order valence-corrected chi connectivity index (χ1v) is 9.71. The number of fused-ring (bicyclic) bond motifs is 2. The van der Waals surface area contributed by atoms with Crippen molar-refractivity contribution in [2.24, 2.45) is 10.8 Å². The lowest BCUT2D eigenvalue weighted by molar-refractivity contribution is -0.134. The molecule has 148 valence electrons. The van der Waals surface area contributed by atoms with Gasteiger partial charge in [0.1, 0.15) is 0 Å². The highest BCUT2D eigenvalue weighted by molar-refractivity contribution is 9.10. The van der Waals surface area contributed by atoms with Gasteiger partial charge in [-0.05, 0) is 28.9 Å². The number of aliphatic carboxylic acids is 2. The average Bonchev–Trinajstić information content (AvgIpc) is 2.54. The Morgan fingerprint density at radius 3 is 2.11 bits per heavy atom. The number of nitrogens with zero attached hydrogens (tertiary/aromatic N) is 1. The molecule has 2 aliphatic heterocycles. The van der Waals surface area contributed by atoms with Crippen LogP contribution in [0.5, 0.6) is 0 Å². The van der Waals surface area contributed by atoms with Crippen molar-refractivity contribution in [1.29, 1.82) is 0 Å². The maximum Gasteiger partial charge on any atom is 0.328 e. The van der Waals surface area contributed by atoms with Crippen molar-refractivity contribution in [3.8, 4) is 0 Å². The second-order valence-electron chi connectivity index (χ2n) is 8.15. The Labute approximate surface area is 168 Å². The molecule has 1 aromatic rings. The molecule has 0 unspecified atom stereocenters. The van der Waals surface area contributed by atoms with Crippen LogP contribution in [-0.4, -0.2) is 53.2 Å². The first-order valence-electron chi connectivity index (χ1n) is 8.91. The summed E-state index contributed by atoms with van der Waals surface area (Å²) in [5.41, 5.74) is 2.28. The second kappa shape index (κ2) is 8.99. The first kappa shape index (κ1) is 21.6. The van der Waals surface area contributed by atoms with E-state index in [4.69, 9.17) is 10.2 Å². The van der Waals surface area contributed by atoms with E-state index in [9.17, 15) is 9.59 Å². The molecule has 2 bridgehead atoms. The summed E-state index contributed by atoms with van der Waals surface area (Å²) in [6.07, 6.45) is 2.48. The Balaban J connectivity index is 0.000000279. The number of likely N-dealkylation sites (tertiary alicyclic amines) is 1. The lowest BCUT2D eigenvalue weighted by Crippen LogP contribution is -2.60. The number of rotatable bonds is 4. The molecule has 0 aliphatic carbocycles. The Morgan fingerprint density at radius 1 is 1.11 bits per heavy atom. The number of piperidine rings is 2. The van der Waals surface area contributed by atoms with E-state index in [1.165, 1.54) is 29.5 Å². The van der Waals surface area contributed by atoms with Gasteiger partial charge in [0.2, 0.25) is 0 Å². The zero-order valence-corrected chi connectivity index (χ0v) is 17.3. The summed E-state index contributed by atoms with van der Waals surface area (Å²) in [5.74, 6) is -2.51. The van der Waals surface area contributed by atoms with Crippen LogP contribution in [0.15, 0.2) is 40.9 Å². The fourth-order valence-electron chi connectivity index (χ4n) is 4.30. The van der Waals surface area contributed by atoms with Crippen molar-refractivity contribution in [3.63, 3.8) is 0 Å². The molecule has 6 nitrogen and oxygen atoms in total. The van der Waals surface area contributed by atoms with Crippen LogP contribution in [0.2, 0.25) is 0 Å². The fourth-order valence-corrected chi connectivity index (χ4v) is 4.71. The Kier molecular flexibility index (Phi) is 7.19.